The number of aromatic nitrogens is 4. The number of hydrogen-bond acceptors (Lipinski definition) is 4. The molecule has 0 saturated heterocycles. The Balaban J connectivity index is 1.90. The zero-order chi connectivity index (χ0) is 18.6. The SMILES string of the molecule is COCc1ncc(C)n1CCNC(=O)Cn1nc(C(F)(F)F)cc1C. The Morgan fingerprint density at radius 3 is 2.64 bits per heavy atom. The van der Waals surface area contributed by atoms with Gasteiger partial charge in [0, 0.05) is 37.8 Å². The van der Waals surface area contributed by atoms with Gasteiger partial charge in [0.25, 0.3) is 0 Å². The standard InChI is InChI=1S/C15H20F3N5O2/c1-10-6-12(15(16,17)18)21-23(10)8-14(24)19-4-5-22-11(2)7-20-13(22)9-25-3/h6-7H,4-5,8-9H2,1-3H3,(H,19,24). The van der Waals surface area contributed by atoms with Crippen LogP contribution in [0.4, 0.5) is 13.2 Å². The topological polar surface area (TPSA) is 74.0 Å². The number of nitrogens with one attached hydrogen (secondary N) is 1. The van der Waals surface area contributed by atoms with Gasteiger partial charge in [-0.3, -0.25) is 9.48 Å². The Morgan fingerprint density at radius 1 is 1.32 bits per heavy atom. The molecule has 1 N–H and O–H groups in total. The molecule has 0 radical (unpaired) electrons. The summed E-state index contributed by atoms with van der Waals surface area (Å²) in [5.74, 6) is 0.331. The molecular formula is C15H20F3N5O2. The number of carbonyl (C=O) groups excluding carboxylic acids is 1. The van der Waals surface area contributed by atoms with E-state index in [9.17, 15) is 18.0 Å². The highest BCUT2D eigenvalue weighted by Gasteiger charge is 2.34. The van der Waals surface area contributed by atoms with Crippen LogP contribution in [0.15, 0.2) is 12.3 Å². The maximum atomic E-state index is 12.6. The number of halogens is 3. The molecule has 2 aromatic rings. The van der Waals surface area contributed by atoms with E-state index in [0.717, 1.165) is 22.3 Å². The molecule has 2 rings (SSSR count). The number of hydrogen-bond donors (Lipinski definition) is 1. The number of rotatable bonds is 7. The van der Waals surface area contributed by atoms with Crippen molar-refractivity contribution in [1.82, 2.24) is 24.6 Å². The minimum absolute atomic E-state index is 0.268. The van der Waals surface area contributed by atoms with Gasteiger partial charge >= 0.3 is 6.18 Å². The molecule has 25 heavy (non-hydrogen) atoms. The van der Waals surface area contributed by atoms with Crippen molar-refractivity contribution in [2.24, 2.45) is 0 Å². The van der Waals surface area contributed by atoms with Gasteiger partial charge in [-0.15, -0.1) is 0 Å². The predicted molar refractivity (Wildman–Crippen MR) is 82.7 cm³/mol. The van der Waals surface area contributed by atoms with Gasteiger partial charge in [0.05, 0.1) is 0 Å². The van der Waals surface area contributed by atoms with Crippen LogP contribution in [0, 0.1) is 13.8 Å². The molecule has 0 saturated carbocycles. The molecule has 0 aliphatic heterocycles. The number of methoxy groups -OCH3 is 1. The van der Waals surface area contributed by atoms with Crippen LogP contribution < -0.4 is 5.32 Å². The van der Waals surface area contributed by atoms with E-state index < -0.39 is 17.8 Å². The van der Waals surface area contributed by atoms with Gasteiger partial charge in [-0.1, -0.05) is 0 Å². The Hall–Kier alpha value is -2.36. The smallest absolute Gasteiger partial charge is 0.377 e. The van der Waals surface area contributed by atoms with Crippen LogP contribution >= 0.6 is 0 Å². The second-order valence-corrected chi connectivity index (χ2v) is 5.58. The normalized spacial score (nSPS) is 11.8. The Kier molecular flexibility index (Phi) is 5.83. The maximum Gasteiger partial charge on any atom is 0.435 e. The summed E-state index contributed by atoms with van der Waals surface area (Å²) in [5, 5.41) is 6.10. The van der Waals surface area contributed by atoms with Gasteiger partial charge in [0.1, 0.15) is 19.0 Å². The lowest BCUT2D eigenvalue weighted by molar-refractivity contribution is -0.141. The van der Waals surface area contributed by atoms with Gasteiger partial charge in [0.15, 0.2) is 5.69 Å². The molecule has 0 spiro atoms. The van der Waals surface area contributed by atoms with Crippen LogP contribution in [0.2, 0.25) is 0 Å². The second-order valence-electron chi connectivity index (χ2n) is 5.58. The minimum Gasteiger partial charge on any atom is -0.377 e. The average molecular weight is 359 g/mol. The third kappa shape index (κ3) is 4.81. The van der Waals surface area contributed by atoms with Crippen molar-refractivity contribution in [2.45, 2.75) is 39.7 Å². The van der Waals surface area contributed by atoms with Gasteiger partial charge in [-0.25, -0.2) is 4.98 Å². The number of aryl methyl sites for hydroxylation is 2. The van der Waals surface area contributed by atoms with Crippen molar-refractivity contribution in [3.63, 3.8) is 0 Å². The highest BCUT2D eigenvalue weighted by molar-refractivity contribution is 5.75. The highest BCUT2D eigenvalue weighted by atomic mass is 19.4. The monoisotopic (exact) mass is 359 g/mol. The molecule has 2 aromatic heterocycles. The molecule has 0 fully saturated rings. The highest BCUT2D eigenvalue weighted by Crippen LogP contribution is 2.28. The quantitative estimate of drug-likeness (QED) is 0.816. The van der Waals surface area contributed by atoms with Crippen LogP contribution in [0.1, 0.15) is 22.9 Å². The molecule has 0 bridgehead atoms. The molecule has 2 heterocycles. The summed E-state index contributed by atoms with van der Waals surface area (Å²) in [7, 11) is 1.57. The molecule has 1 amide bonds. The van der Waals surface area contributed by atoms with Crippen molar-refractivity contribution in [3.8, 4) is 0 Å². The summed E-state index contributed by atoms with van der Waals surface area (Å²) in [6.07, 6.45) is -2.81. The molecule has 10 heteroatoms. The summed E-state index contributed by atoms with van der Waals surface area (Å²) >= 11 is 0. The first-order chi connectivity index (χ1) is 11.7. The zero-order valence-electron chi connectivity index (χ0n) is 14.2. The van der Waals surface area contributed by atoms with Gasteiger partial charge < -0.3 is 14.6 Å². The number of imidazole rings is 1. The largest absolute Gasteiger partial charge is 0.435 e. The lowest BCUT2D eigenvalue weighted by Crippen LogP contribution is -2.31. The number of amides is 1. The van der Waals surface area contributed by atoms with Gasteiger partial charge in [0.2, 0.25) is 5.91 Å². The van der Waals surface area contributed by atoms with Crippen molar-refractivity contribution >= 4 is 5.91 Å². The molecule has 0 aromatic carbocycles. The molecule has 7 nitrogen and oxygen atoms in total. The predicted octanol–water partition coefficient (Wildman–Crippen LogP) is 1.68. The van der Waals surface area contributed by atoms with E-state index in [2.05, 4.69) is 15.4 Å². The molecule has 138 valence electrons. The van der Waals surface area contributed by atoms with Crippen LogP contribution in [0.25, 0.3) is 0 Å². The average Bonchev–Trinajstić information content (AvgIpc) is 3.05. The molecule has 0 unspecified atom stereocenters. The van der Waals surface area contributed by atoms with Gasteiger partial charge in [-0.2, -0.15) is 18.3 Å². The van der Waals surface area contributed by atoms with Crippen LogP contribution in [0.5, 0.6) is 0 Å². The van der Waals surface area contributed by atoms with E-state index in [1.165, 1.54) is 6.92 Å². The van der Waals surface area contributed by atoms with Crippen LogP contribution in [-0.2, 0) is 35.4 Å². The fourth-order valence-electron chi connectivity index (χ4n) is 2.37. The molecular weight excluding hydrogens is 339 g/mol. The fraction of sp³-hybridized carbons (Fsp3) is 0.533. The third-order valence-corrected chi connectivity index (χ3v) is 3.63. The van der Waals surface area contributed by atoms with Crippen molar-refractivity contribution in [1.29, 1.82) is 0 Å². The first-order valence-electron chi connectivity index (χ1n) is 7.60. The van der Waals surface area contributed by atoms with E-state index in [0.29, 0.717) is 19.7 Å². The summed E-state index contributed by atoms with van der Waals surface area (Å²) in [5.41, 5.74) is 0.199. The van der Waals surface area contributed by atoms with Crippen molar-refractivity contribution < 1.29 is 22.7 Å². The van der Waals surface area contributed by atoms with Crippen LogP contribution in [-0.4, -0.2) is 38.9 Å². The van der Waals surface area contributed by atoms with Crippen LogP contribution in [0.3, 0.4) is 0 Å². The number of nitrogens with zero attached hydrogens (tertiary/aromatic N) is 4. The Labute approximate surface area is 142 Å². The minimum atomic E-state index is -4.52. The van der Waals surface area contributed by atoms with Crippen molar-refractivity contribution in [2.75, 3.05) is 13.7 Å². The number of alkyl halides is 3. The lowest BCUT2D eigenvalue weighted by Gasteiger charge is -2.11. The molecule has 0 atom stereocenters. The number of carbonyl (C=O) groups is 1. The Bertz CT molecular complexity index is 736. The van der Waals surface area contributed by atoms with Gasteiger partial charge in [-0.05, 0) is 19.9 Å². The first kappa shape index (κ1) is 19.0. The second kappa shape index (κ2) is 7.68. The summed E-state index contributed by atoms with van der Waals surface area (Å²) in [6.45, 7) is 4.26. The van der Waals surface area contributed by atoms with E-state index in [-0.39, 0.29) is 12.2 Å². The third-order valence-electron chi connectivity index (χ3n) is 3.63. The lowest BCUT2D eigenvalue weighted by atomic mass is 10.3. The fourth-order valence-corrected chi connectivity index (χ4v) is 2.37. The summed E-state index contributed by atoms with van der Waals surface area (Å²) < 4.78 is 45.9. The first-order valence-corrected chi connectivity index (χ1v) is 7.60. The summed E-state index contributed by atoms with van der Waals surface area (Å²) in [6, 6.07) is 0.916. The Morgan fingerprint density at radius 2 is 2.04 bits per heavy atom. The summed E-state index contributed by atoms with van der Waals surface area (Å²) in [4.78, 5) is 16.2. The maximum absolute atomic E-state index is 12.6. The molecule has 0 aliphatic rings. The zero-order valence-corrected chi connectivity index (χ0v) is 14.2. The number of ether oxygens (including phenoxy) is 1. The molecule has 0 aliphatic carbocycles. The van der Waals surface area contributed by atoms with E-state index >= 15 is 0 Å². The van der Waals surface area contributed by atoms with E-state index in [1.54, 1.807) is 13.3 Å². The van der Waals surface area contributed by atoms with Crippen molar-refractivity contribution in [3.05, 3.63) is 35.2 Å². The van der Waals surface area contributed by atoms with E-state index in [4.69, 9.17) is 4.74 Å². The van der Waals surface area contributed by atoms with E-state index in [1.807, 2.05) is 11.5 Å².